The zero-order valence-electron chi connectivity index (χ0n) is 11.2. The summed E-state index contributed by atoms with van der Waals surface area (Å²) >= 11 is 0. The molecule has 1 rings (SSSR count). The van der Waals surface area contributed by atoms with Gasteiger partial charge in [0.15, 0.2) is 0 Å². The average molecular weight is 263 g/mol. The van der Waals surface area contributed by atoms with Crippen LogP contribution in [0.15, 0.2) is 0 Å². The van der Waals surface area contributed by atoms with E-state index < -0.39 is 9.84 Å². The zero-order chi connectivity index (χ0) is 12.9. The van der Waals surface area contributed by atoms with Crippen molar-refractivity contribution in [2.24, 2.45) is 5.41 Å². The Morgan fingerprint density at radius 2 is 2.18 bits per heavy atom. The lowest BCUT2D eigenvalue weighted by molar-refractivity contribution is 0.0591. The van der Waals surface area contributed by atoms with Gasteiger partial charge in [-0.15, -0.1) is 0 Å². The molecular formula is C12H25NO3S. The summed E-state index contributed by atoms with van der Waals surface area (Å²) in [6.07, 6.45) is 2.92. The highest BCUT2D eigenvalue weighted by atomic mass is 32.2. The van der Waals surface area contributed by atoms with Gasteiger partial charge < -0.3 is 10.1 Å². The van der Waals surface area contributed by atoms with Crippen molar-refractivity contribution in [3.63, 3.8) is 0 Å². The minimum atomic E-state index is -2.83. The van der Waals surface area contributed by atoms with Gasteiger partial charge in [0, 0.05) is 24.3 Å². The van der Waals surface area contributed by atoms with Crippen LogP contribution in [0, 0.1) is 5.41 Å². The Bertz CT molecular complexity index is 329. The van der Waals surface area contributed by atoms with E-state index in [1.54, 1.807) is 6.92 Å². The van der Waals surface area contributed by atoms with Crippen LogP contribution in [0.5, 0.6) is 0 Å². The summed E-state index contributed by atoms with van der Waals surface area (Å²) in [6.45, 7) is 5.50. The number of hydrogen-bond donors (Lipinski definition) is 1. The van der Waals surface area contributed by atoms with Crippen LogP contribution >= 0.6 is 0 Å². The quantitative estimate of drug-likeness (QED) is 0.750. The lowest BCUT2D eigenvalue weighted by atomic mass is 9.77. The topological polar surface area (TPSA) is 55.4 Å². The van der Waals surface area contributed by atoms with E-state index in [2.05, 4.69) is 12.2 Å². The second-order valence-electron chi connectivity index (χ2n) is 5.00. The summed E-state index contributed by atoms with van der Waals surface area (Å²) in [4.78, 5) is 0. The third-order valence-corrected chi connectivity index (χ3v) is 5.72. The van der Waals surface area contributed by atoms with Gasteiger partial charge in [0.25, 0.3) is 0 Å². The van der Waals surface area contributed by atoms with Crippen molar-refractivity contribution in [2.75, 3.05) is 31.7 Å². The SMILES string of the molecule is CCS(=O)(=O)CCCC1(CNC)CCOC1C. The summed E-state index contributed by atoms with van der Waals surface area (Å²) in [5.41, 5.74) is 0.123. The number of hydrogen-bond acceptors (Lipinski definition) is 4. The van der Waals surface area contributed by atoms with Crippen LogP contribution in [0.1, 0.15) is 33.1 Å². The monoisotopic (exact) mass is 263 g/mol. The van der Waals surface area contributed by atoms with Crippen LogP contribution in [0.3, 0.4) is 0 Å². The summed E-state index contributed by atoms with van der Waals surface area (Å²) in [7, 11) is -0.892. The van der Waals surface area contributed by atoms with Gasteiger partial charge >= 0.3 is 0 Å². The fourth-order valence-electron chi connectivity index (χ4n) is 2.61. The molecule has 0 spiro atoms. The van der Waals surface area contributed by atoms with Gasteiger partial charge in [0.05, 0.1) is 11.9 Å². The summed E-state index contributed by atoms with van der Waals surface area (Å²) in [5, 5.41) is 3.21. The molecule has 1 heterocycles. The molecule has 1 N–H and O–H groups in total. The lowest BCUT2D eigenvalue weighted by Gasteiger charge is -2.32. The van der Waals surface area contributed by atoms with Gasteiger partial charge in [-0.2, -0.15) is 0 Å². The summed E-state index contributed by atoms with van der Waals surface area (Å²) in [5.74, 6) is 0.555. The Balaban J connectivity index is 2.51. The molecule has 2 atom stereocenters. The van der Waals surface area contributed by atoms with Crippen LogP contribution in [0.25, 0.3) is 0 Å². The second kappa shape index (κ2) is 6.16. The molecule has 0 amide bonds. The van der Waals surface area contributed by atoms with Gasteiger partial charge in [-0.25, -0.2) is 8.42 Å². The molecule has 1 aliphatic heterocycles. The van der Waals surface area contributed by atoms with Crippen molar-refractivity contribution >= 4 is 9.84 Å². The fourth-order valence-corrected chi connectivity index (χ4v) is 3.48. The van der Waals surface area contributed by atoms with Gasteiger partial charge in [-0.1, -0.05) is 6.92 Å². The lowest BCUT2D eigenvalue weighted by Crippen LogP contribution is -2.38. The molecule has 0 radical (unpaired) electrons. The first kappa shape index (κ1) is 14.9. The Labute approximate surface area is 105 Å². The van der Waals surface area contributed by atoms with Crippen molar-refractivity contribution in [3.05, 3.63) is 0 Å². The van der Waals surface area contributed by atoms with Crippen molar-refractivity contribution < 1.29 is 13.2 Å². The molecule has 1 aliphatic rings. The molecule has 0 aromatic heterocycles. The summed E-state index contributed by atoms with van der Waals surface area (Å²) in [6, 6.07) is 0. The first-order valence-corrected chi connectivity index (χ1v) is 8.24. The van der Waals surface area contributed by atoms with Crippen molar-refractivity contribution in [3.8, 4) is 0 Å². The zero-order valence-corrected chi connectivity index (χ0v) is 12.0. The third kappa shape index (κ3) is 3.93. The molecule has 0 bridgehead atoms. The van der Waals surface area contributed by atoms with E-state index in [9.17, 15) is 8.42 Å². The highest BCUT2D eigenvalue weighted by molar-refractivity contribution is 7.91. The van der Waals surface area contributed by atoms with Crippen LogP contribution < -0.4 is 5.32 Å². The van der Waals surface area contributed by atoms with Gasteiger partial charge in [0.1, 0.15) is 9.84 Å². The largest absolute Gasteiger partial charge is 0.378 e. The van der Waals surface area contributed by atoms with Crippen LogP contribution in [-0.4, -0.2) is 46.2 Å². The summed E-state index contributed by atoms with van der Waals surface area (Å²) < 4.78 is 28.6. The van der Waals surface area contributed by atoms with Crippen LogP contribution in [0.2, 0.25) is 0 Å². The minimum Gasteiger partial charge on any atom is -0.378 e. The van der Waals surface area contributed by atoms with Gasteiger partial charge in [-0.3, -0.25) is 0 Å². The Morgan fingerprint density at radius 1 is 1.47 bits per heavy atom. The maximum Gasteiger partial charge on any atom is 0.150 e. The molecule has 5 heteroatoms. The molecule has 2 unspecified atom stereocenters. The molecule has 0 aromatic rings. The number of rotatable bonds is 7. The Hall–Kier alpha value is -0.130. The van der Waals surface area contributed by atoms with E-state index in [1.165, 1.54) is 0 Å². The molecule has 102 valence electrons. The highest BCUT2D eigenvalue weighted by Gasteiger charge is 2.40. The van der Waals surface area contributed by atoms with E-state index in [1.807, 2.05) is 7.05 Å². The number of ether oxygens (including phenoxy) is 1. The second-order valence-corrected chi connectivity index (χ2v) is 7.47. The first-order valence-electron chi connectivity index (χ1n) is 6.42. The average Bonchev–Trinajstić information content (AvgIpc) is 2.61. The molecule has 17 heavy (non-hydrogen) atoms. The smallest absolute Gasteiger partial charge is 0.150 e. The molecule has 1 fully saturated rings. The normalized spacial score (nSPS) is 29.7. The Morgan fingerprint density at radius 3 is 2.65 bits per heavy atom. The van der Waals surface area contributed by atoms with Crippen molar-refractivity contribution in [1.82, 2.24) is 5.32 Å². The predicted octanol–water partition coefficient (Wildman–Crippen LogP) is 1.22. The Kier molecular flexibility index (Phi) is 5.41. The maximum absolute atomic E-state index is 11.5. The van der Waals surface area contributed by atoms with E-state index in [0.717, 1.165) is 32.4 Å². The van der Waals surface area contributed by atoms with Crippen molar-refractivity contribution in [1.29, 1.82) is 0 Å². The number of nitrogens with one attached hydrogen (secondary N) is 1. The van der Waals surface area contributed by atoms with Gasteiger partial charge in [0.2, 0.25) is 0 Å². The molecule has 0 aromatic carbocycles. The van der Waals surface area contributed by atoms with Crippen LogP contribution in [0.4, 0.5) is 0 Å². The van der Waals surface area contributed by atoms with Gasteiger partial charge in [-0.05, 0) is 33.2 Å². The number of sulfone groups is 1. The highest BCUT2D eigenvalue weighted by Crippen LogP contribution is 2.38. The standard InChI is InChI=1S/C12H25NO3S/c1-4-17(14,15)9-5-6-12(10-13-3)7-8-16-11(12)2/h11,13H,4-10H2,1-3H3. The third-order valence-electron chi connectivity index (χ3n) is 3.93. The van der Waals surface area contributed by atoms with E-state index in [-0.39, 0.29) is 17.3 Å². The molecule has 0 aliphatic carbocycles. The van der Waals surface area contributed by atoms with Crippen LogP contribution in [-0.2, 0) is 14.6 Å². The maximum atomic E-state index is 11.5. The molecule has 1 saturated heterocycles. The van der Waals surface area contributed by atoms with Crippen molar-refractivity contribution in [2.45, 2.75) is 39.2 Å². The minimum absolute atomic E-state index is 0.123. The van der Waals surface area contributed by atoms with E-state index in [4.69, 9.17) is 4.74 Å². The molecule has 4 nitrogen and oxygen atoms in total. The fraction of sp³-hybridized carbons (Fsp3) is 1.00. The van der Waals surface area contributed by atoms with E-state index in [0.29, 0.717) is 5.75 Å². The van der Waals surface area contributed by atoms with E-state index >= 15 is 0 Å². The molecular weight excluding hydrogens is 238 g/mol. The first-order chi connectivity index (χ1) is 7.96. The molecule has 0 saturated carbocycles. The predicted molar refractivity (Wildman–Crippen MR) is 70.0 cm³/mol.